The fourth-order valence-corrected chi connectivity index (χ4v) is 1.98. The fraction of sp³-hybridized carbons (Fsp3) is 0.385. The Morgan fingerprint density at radius 3 is 2.83 bits per heavy atom. The maximum Gasteiger partial charge on any atom is 0.411 e. The summed E-state index contributed by atoms with van der Waals surface area (Å²) in [7, 11) is 0. The molecule has 5 heteroatoms. The van der Waals surface area contributed by atoms with Crippen LogP contribution in [0.25, 0.3) is 0 Å². The van der Waals surface area contributed by atoms with Crippen LogP contribution in [-0.2, 0) is 16.1 Å². The Balaban J connectivity index is 2.12. The number of nitrogens with zero attached hydrogens (tertiary/aromatic N) is 1. The topological polar surface area (TPSA) is 66.8 Å². The fourth-order valence-electron chi connectivity index (χ4n) is 1.98. The van der Waals surface area contributed by atoms with Crippen molar-refractivity contribution in [1.82, 2.24) is 4.90 Å². The first-order valence-corrected chi connectivity index (χ1v) is 5.67. The van der Waals surface area contributed by atoms with E-state index in [2.05, 4.69) is 0 Å². The molecule has 5 nitrogen and oxygen atoms in total. The average Bonchev–Trinajstić information content (AvgIpc) is 2.55. The molecule has 0 saturated carbocycles. The van der Waals surface area contributed by atoms with Crippen LogP contribution in [0.5, 0.6) is 0 Å². The molecule has 1 aromatic carbocycles. The van der Waals surface area contributed by atoms with Gasteiger partial charge in [0.15, 0.2) is 0 Å². The van der Waals surface area contributed by atoms with E-state index in [1.807, 2.05) is 31.2 Å². The Morgan fingerprint density at radius 1 is 1.56 bits per heavy atom. The molecule has 0 aliphatic carbocycles. The van der Waals surface area contributed by atoms with Gasteiger partial charge < -0.3 is 9.84 Å². The van der Waals surface area contributed by atoms with Crippen molar-refractivity contribution >= 4 is 12.1 Å². The predicted octanol–water partition coefficient (Wildman–Crippen LogP) is 1.79. The zero-order valence-electron chi connectivity index (χ0n) is 10.3. The van der Waals surface area contributed by atoms with Gasteiger partial charge in [0.05, 0.1) is 6.54 Å². The second-order valence-electron chi connectivity index (χ2n) is 4.75. The molecule has 0 bridgehead atoms. The summed E-state index contributed by atoms with van der Waals surface area (Å²) < 4.78 is 4.91. The quantitative estimate of drug-likeness (QED) is 0.886. The van der Waals surface area contributed by atoms with Gasteiger partial charge in [-0.1, -0.05) is 29.8 Å². The monoisotopic (exact) mass is 249 g/mol. The van der Waals surface area contributed by atoms with Crippen LogP contribution in [0.4, 0.5) is 4.79 Å². The van der Waals surface area contributed by atoms with Crippen LogP contribution in [0.1, 0.15) is 18.1 Å². The number of ether oxygens (including phenoxy) is 1. The van der Waals surface area contributed by atoms with Gasteiger partial charge in [0.25, 0.3) is 0 Å². The summed E-state index contributed by atoms with van der Waals surface area (Å²) in [4.78, 5) is 24.0. The van der Waals surface area contributed by atoms with Gasteiger partial charge in [-0.3, -0.25) is 4.90 Å². The largest absolute Gasteiger partial charge is 0.478 e. The summed E-state index contributed by atoms with van der Waals surface area (Å²) in [6.07, 6.45) is -0.582. The summed E-state index contributed by atoms with van der Waals surface area (Å²) in [6.45, 7) is 3.80. The summed E-state index contributed by atoms with van der Waals surface area (Å²) in [6, 6.07) is 7.73. The molecule has 1 N–H and O–H groups in total. The van der Waals surface area contributed by atoms with E-state index >= 15 is 0 Å². The Morgan fingerprint density at radius 2 is 2.28 bits per heavy atom. The lowest BCUT2D eigenvalue weighted by Gasteiger charge is -2.16. The Hall–Kier alpha value is -2.04. The molecule has 1 saturated heterocycles. The van der Waals surface area contributed by atoms with E-state index in [9.17, 15) is 9.59 Å². The van der Waals surface area contributed by atoms with Crippen molar-refractivity contribution < 1.29 is 19.4 Å². The number of aryl methyl sites for hydroxylation is 1. The van der Waals surface area contributed by atoms with E-state index < -0.39 is 17.7 Å². The normalized spacial score (nSPS) is 23.0. The van der Waals surface area contributed by atoms with E-state index in [0.717, 1.165) is 11.1 Å². The van der Waals surface area contributed by atoms with Gasteiger partial charge in [-0.05, 0) is 19.4 Å². The van der Waals surface area contributed by atoms with Crippen LogP contribution in [-0.4, -0.2) is 34.2 Å². The van der Waals surface area contributed by atoms with Gasteiger partial charge in [-0.15, -0.1) is 0 Å². The first-order valence-electron chi connectivity index (χ1n) is 5.67. The summed E-state index contributed by atoms with van der Waals surface area (Å²) in [5.74, 6) is -1.12. The molecule has 1 aromatic rings. The van der Waals surface area contributed by atoms with Crippen LogP contribution in [0.15, 0.2) is 24.3 Å². The number of carbonyl (C=O) groups is 2. The van der Waals surface area contributed by atoms with Crippen LogP contribution in [0.2, 0.25) is 0 Å². The molecule has 1 aliphatic heterocycles. The third-order valence-electron chi connectivity index (χ3n) is 2.97. The molecule has 18 heavy (non-hydrogen) atoms. The number of amides is 1. The first kappa shape index (κ1) is 12.4. The minimum Gasteiger partial charge on any atom is -0.478 e. The number of carboxylic acid groups (broad SMARTS) is 1. The van der Waals surface area contributed by atoms with Gasteiger partial charge in [-0.2, -0.15) is 0 Å². The van der Waals surface area contributed by atoms with Crippen molar-refractivity contribution in [3.05, 3.63) is 35.4 Å². The Kier molecular flexibility index (Phi) is 2.98. The molecule has 1 heterocycles. The summed E-state index contributed by atoms with van der Waals surface area (Å²) in [5, 5.41) is 9.01. The van der Waals surface area contributed by atoms with Gasteiger partial charge in [0.2, 0.25) is 5.60 Å². The average molecular weight is 249 g/mol. The third-order valence-corrected chi connectivity index (χ3v) is 2.97. The van der Waals surface area contributed by atoms with Crippen LogP contribution >= 0.6 is 0 Å². The molecule has 1 amide bonds. The highest BCUT2D eigenvalue weighted by atomic mass is 16.6. The second-order valence-corrected chi connectivity index (χ2v) is 4.75. The SMILES string of the molecule is Cc1cccc(CN2CC(C)(C(=O)O)OC2=O)c1. The lowest BCUT2D eigenvalue weighted by Crippen LogP contribution is -2.39. The molecule has 1 atom stereocenters. The zero-order valence-corrected chi connectivity index (χ0v) is 10.3. The number of carbonyl (C=O) groups excluding carboxylic acids is 1. The van der Waals surface area contributed by atoms with Crippen molar-refractivity contribution in [1.29, 1.82) is 0 Å². The summed E-state index contributed by atoms with van der Waals surface area (Å²) >= 11 is 0. The maximum absolute atomic E-state index is 11.6. The molecule has 1 aliphatic rings. The number of hydrogen-bond donors (Lipinski definition) is 1. The standard InChI is InChI=1S/C13H15NO4/c1-9-4-3-5-10(6-9)7-14-8-13(2,11(15)16)18-12(14)17/h3-6H,7-8H2,1-2H3,(H,15,16). The lowest BCUT2D eigenvalue weighted by atomic mass is 10.1. The van der Waals surface area contributed by atoms with Gasteiger partial charge in [0, 0.05) is 6.54 Å². The smallest absolute Gasteiger partial charge is 0.411 e. The molecule has 0 spiro atoms. The highest BCUT2D eigenvalue weighted by Gasteiger charge is 2.47. The van der Waals surface area contributed by atoms with E-state index in [1.54, 1.807) is 0 Å². The van der Waals surface area contributed by atoms with E-state index in [4.69, 9.17) is 9.84 Å². The molecule has 1 fully saturated rings. The van der Waals surface area contributed by atoms with Gasteiger partial charge in [0.1, 0.15) is 0 Å². The highest BCUT2D eigenvalue weighted by Crippen LogP contribution is 2.24. The lowest BCUT2D eigenvalue weighted by molar-refractivity contribution is -0.153. The van der Waals surface area contributed by atoms with Crippen molar-refractivity contribution in [3.63, 3.8) is 0 Å². The van der Waals surface area contributed by atoms with Crippen LogP contribution < -0.4 is 0 Å². The Labute approximate surface area is 105 Å². The van der Waals surface area contributed by atoms with Crippen LogP contribution in [0.3, 0.4) is 0 Å². The number of benzene rings is 1. The van der Waals surface area contributed by atoms with E-state index in [1.165, 1.54) is 11.8 Å². The number of hydrogen-bond acceptors (Lipinski definition) is 3. The number of carboxylic acids is 1. The number of cyclic esters (lactones) is 1. The van der Waals surface area contributed by atoms with Crippen molar-refractivity contribution in [2.24, 2.45) is 0 Å². The van der Waals surface area contributed by atoms with E-state index in [0.29, 0.717) is 6.54 Å². The maximum atomic E-state index is 11.6. The first-order chi connectivity index (χ1) is 8.40. The number of rotatable bonds is 3. The zero-order chi connectivity index (χ0) is 13.3. The molecular weight excluding hydrogens is 234 g/mol. The van der Waals surface area contributed by atoms with Crippen molar-refractivity contribution in [2.45, 2.75) is 26.0 Å². The van der Waals surface area contributed by atoms with Crippen LogP contribution in [0, 0.1) is 6.92 Å². The minimum atomic E-state index is -1.44. The minimum absolute atomic E-state index is 0.0646. The molecule has 1 unspecified atom stereocenters. The second kappa shape index (κ2) is 4.33. The molecule has 2 rings (SSSR count). The molecule has 96 valence electrons. The molecule has 0 radical (unpaired) electrons. The highest BCUT2D eigenvalue weighted by molar-refractivity contribution is 5.84. The third kappa shape index (κ3) is 2.30. The predicted molar refractivity (Wildman–Crippen MR) is 64.1 cm³/mol. The van der Waals surface area contributed by atoms with Gasteiger partial charge in [-0.25, -0.2) is 9.59 Å². The Bertz CT molecular complexity index is 500. The van der Waals surface area contributed by atoms with Gasteiger partial charge >= 0.3 is 12.1 Å². The molecular formula is C13H15NO4. The molecule has 0 aromatic heterocycles. The number of aliphatic carboxylic acids is 1. The summed E-state index contributed by atoms with van der Waals surface area (Å²) in [5.41, 5.74) is 0.614. The van der Waals surface area contributed by atoms with Crippen molar-refractivity contribution in [3.8, 4) is 0 Å². The van der Waals surface area contributed by atoms with Crippen molar-refractivity contribution in [2.75, 3.05) is 6.54 Å². The van der Waals surface area contributed by atoms with E-state index in [-0.39, 0.29) is 6.54 Å².